The van der Waals surface area contributed by atoms with Gasteiger partial charge in [0, 0.05) is 45.7 Å². The quantitative estimate of drug-likeness (QED) is 0.828. The number of carbonyl (C=O) groups is 1. The van der Waals surface area contributed by atoms with Crippen molar-refractivity contribution in [3.63, 3.8) is 0 Å². The molecule has 23 heavy (non-hydrogen) atoms. The van der Waals surface area contributed by atoms with Gasteiger partial charge in [-0.15, -0.1) is 0 Å². The Balaban J connectivity index is 1.76. The van der Waals surface area contributed by atoms with E-state index in [4.69, 9.17) is 0 Å². The molecule has 2 aromatic heterocycles. The van der Waals surface area contributed by atoms with Gasteiger partial charge in [0.15, 0.2) is 0 Å². The van der Waals surface area contributed by atoms with E-state index in [1.807, 2.05) is 11.8 Å². The van der Waals surface area contributed by atoms with Crippen molar-refractivity contribution in [1.29, 1.82) is 0 Å². The second kappa shape index (κ2) is 6.76. The van der Waals surface area contributed by atoms with E-state index in [0.717, 1.165) is 49.7 Å². The Morgan fingerprint density at radius 1 is 1.30 bits per heavy atom. The molecule has 3 rings (SSSR count). The molecule has 7 nitrogen and oxygen atoms in total. The zero-order valence-electron chi connectivity index (χ0n) is 13.5. The fourth-order valence-electron chi connectivity index (χ4n) is 2.79. The molecule has 0 bridgehead atoms. The standard InChI is InChI=1S/C15H21N5O2S/c1-3-13-17-20-14(22)9-12(16-15(20)23-13)10-18-5-4-6-19(8-7-18)11(2)21/h9H,3-8,10H2,1-2H3. The van der Waals surface area contributed by atoms with Gasteiger partial charge < -0.3 is 4.90 Å². The molecule has 1 saturated heterocycles. The lowest BCUT2D eigenvalue weighted by Crippen LogP contribution is -2.33. The highest BCUT2D eigenvalue weighted by atomic mass is 32.1. The smallest absolute Gasteiger partial charge is 0.275 e. The van der Waals surface area contributed by atoms with Gasteiger partial charge in [0.25, 0.3) is 5.56 Å². The summed E-state index contributed by atoms with van der Waals surface area (Å²) >= 11 is 1.47. The molecule has 1 fully saturated rings. The molecule has 3 heterocycles. The molecule has 2 aromatic rings. The molecular formula is C15H21N5O2S. The van der Waals surface area contributed by atoms with E-state index in [1.54, 1.807) is 13.0 Å². The van der Waals surface area contributed by atoms with Crippen molar-refractivity contribution in [3.05, 3.63) is 27.1 Å². The van der Waals surface area contributed by atoms with Crippen molar-refractivity contribution in [2.45, 2.75) is 33.2 Å². The topological polar surface area (TPSA) is 70.8 Å². The van der Waals surface area contributed by atoms with E-state index in [2.05, 4.69) is 15.0 Å². The van der Waals surface area contributed by atoms with E-state index >= 15 is 0 Å². The number of aromatic nitrogens is 3. The molecular weight excluding hydrogens is 314 g/mol. The Bertz CT molecular complexity index is 769. The first-order valence-electron chi connectivity index (χ1n) is 7.93. The first-order valence-corrected chi connectivity index (χ1v) is 8.75. The Kier molecular flexibility index (Phi) is 4.72. The largest absolute Gasteiger partial charge is 0.342 e. The summed E-state index contributed by atoms with van der Waals surface area (Å²) in [7, 11) is 0. The van der Waals surface area contributed by atoms with Crippen molar-refractivity contribution in [2.75, 3.05) is 26.2 Å². The van der Waals surface area contributed by atoms with E-state index in [1.165, 1.54) is 15.9 Å². The van der Waals surface area contributed by atoms with Gasteiger partial charge in [0.05, 0.1) is 5.69 Å². The number of hydrogen-bond acceptors (Lipinski definition) is 6. The Labute approximate surface area is 138 Å². The maximum absolute atomic E-state index is 12.2. The molecule has 0 radical (unpaired) electrons. The summed E-state index contributed by atoms with van der Waals surface area (Å²) in [6.07, 6.45) is 1.75. The lowest BCUT2D eigenvalue weighted by Gasteiger charge is -2.20. The van der Waals surface area contributed by atoms with Crippen LogP contribution in [0.1, 0.15) is 31.0 Å². The van der Waals surface area contributed by atoms with Gasteiger partial charge in [0.1, 0.15) is 5.01 Å². The SMILES string of the molecule is CCc1nn2c(=O)cc(CN3CCCN(C(C)=O)CC3)nc2s1. The van der Waals surface area contributed by atoms with E-state index in [9.17, 15) is 9.59 Å². The van der Waals surface area contributed by atoms with Crippen LogP contribution in [0.2, 0.25) is 0 Å². The maximum atomic E-state index is 12.2. The number of hydrogen-bond donors (Lipinski definition) is 0. The summed E-state index contributed by atoms with van der Waals surface area (Å²) in [5.41, 5.74) is 0.652. The summed E-state index contributed by atoms with van der Waals surface area (Å²) in [6, 6.07) is 1.57. The van der Waals surface area contributed by atoms with Crippen LogP contribution in [0.5, 0.6) is 0 Å². The average molecular weight is 335 g/mol. The molecule has 1 amide bonds. The summed E-state index contributed by atoms with van der Waals surface area (Å²) in [4.78, 5) is 33.0. The fraction of sp³-hybridized carbons (Fsp3) is 0.600. The second-order valence-corrected chi connectivity index (χ2v) is 6.81. The van der Waals surface area contributed by atoms with Crippen LogP contribution >= 0.6 is 11.3 Å². The van der Waals surface area contributed by atoms with Crippen LogP contribution in [0.3, 0.4) is 0 Å². The summed E-state index contributed by atoms with van der Waals surface area (Å²) in [6.45, 7) is 7.52. The highest BCUT2D eigenvalue weighted by Gasteiger charge is 2.17. The Morgan fingerprint density at radius 3 is 2.87 bits per heavy atom. The second-order valence-electron chi connectivity index (χ2n) is 5.77. The lowest BCUT2D eigenvalue weighted by atomic mass is 10.3. The van der Waals surface area contributed by atoms with Crippen molar-refractivity contribution in [3.8, 4) is 0 Å². The van der Waals surface area contributed by atoms with Gasteiger partial charge in [-0.05, 0) is 12.8 Å². The highest BCUT2D eigenvalue weighted by Crippen LogP contribution is 2.13. The van der Waals surface area contributed by atoms with Crippen LogP contribution < -0.4 is 5.56 Å². The minimum atomic E-state index is -0.124. The number of carbonyl (C=O) groups excluding carboxylic acids is 1. The van der Waals surface area contributed by atoms with Gasteiger partial charge in [-0.1, -0.05) is 18.3 Å². The molecule has 0 N–H and O–H groups in total. The molecule has 0 unspecified atom stereocenters. The monoisotopic (exact) mass is 335 g/mol. The van der Waals surface area contributed by atoms with Gasteiger partial charge >= 0.3 is 0 Å². The van der Waals surface area contributed by atoms with Crippen molar-refractivity contribution in [2.24, 2.45) is 0 Å². The normalized spacial score (nSPS) is 16.7. The van der Waals surface area contributed by atoms with Gasteiger partial charge in [-0.3, -0.25) is 14.5 Å². The third-order valence-corrected chi connectivity index (χ3v) is 5.11. The third-order valence-electron chi connectivity index (χ3n) is 4.06. The van der Waals surface area contributed by atoms with Crippen LogP contribution in [0.4, 0.5) is 0 Å². The zero-order valence-corrected chi connectivity index (χ0v) is 14.3. The van der Waals surface area contributed by atoms with Gasteiger partial charge in [0.2, 0.25) is 10.9 Å². The van der Waals surface area contributed by atoms with Crippen LogP contribution in [-0.4, -0.2) is 56.5 Å². The van der Waals surface area contributed by atoms with Crippen molar-refractivity contribution < 1.29 is 4.79 Å². The number of nitrogens with zero attached hydrogens (tertiary/aromatic N) is 5. The summed E-state index contributed by atoms with van der Waals surface area (Å²) < 4.78 is 1.38. The third kappa shape index (κ3) is 3.59. The molecule has 0 aromatic carbocycles. The van der Waals surface area contributed by atoms with Crippen LogP contribution in [0.15, 0.2) is 10.9 Å². The number of rotatable bonds is 3. The molecule has 124 valence electrons. The Morgan fingerprint density at radius 2 is 2.13 bits per heavy atom. The predicted octanol–water partition coefficient (Wildman–Crippen LogP) is 0.768. The molecule has 0 spiro atoms. The minimum Gasteiger partial charge on any atom is -0.342 e. The Hall–Kier alpha value is -1.80. The number of amides is 1. The number of aryl methyl sites for hydroxylation is 1. The van der Waals surface area contributed by atoms with Gasteiger partial charge in [-0.25, -0.2) is 4.98 Å². The molecule has 1 aliphatic heterocycles. The molecule has 8 heteroatoms. The zero-order chi connectivity index (χ0) is 16.4. The molecule has 0 aliphatic carbocycles. The number of fused-ring (bicyclic) bond motifs is 1. The first-order chi connectivity index (χ1) is 11.1. The van der Waals surface area contributed by atoms with Crippen molar-refractivity contribution >= 4 is 22.2 Å². The highest BCUT2D eigenvalue weighted by molar-refractivity contribution is 7.16. The average Bonchev–Trinajstić information content (AvgIpc) is 2.79. The lowest BCUT2D eigenvalue weighted by molar-refractivity contribution is -0.128. The predicted molar refractivity (Wildman–Crippen MR) is 88.7 cm³/mol. The summed E-state index contributed by atoms with van der Waals surface area (Å²) in [5.74, 6) is 0.126. The first kappa shape index (κ1) is 16.1. The van der Waals surface area contributed by atoms with Crippen LogP contribution in [0, 0.1) is 0 Å². The van der Waals surface area contributed by atoms with E-state index in [0.29, 0.717) is 11.5 Å². The fourth-order valence-corrected chi connectivity index (χ4v) is 3.65. The van der Waals surface area contributed by atoms with E-state index in [-0.39, 0.29) is 11.5 Å². The van der Waals surface area contributed by atoms with Crippen molar-refractivity contribution in [1.82, 2.24) is 24.4 Å². The van der Waals surface area contributed by atoms with Crippen LogP contribution in [-0.2, 0) is 17.8 Å². The van der Waals surface area contributed by atoms with E-state index < -0.39 is 0 Å². The molecule has 1 aliphatic rings. The van der Waals surface area contributed by atoms with Gasteiger partial charge in [-0.2, -0.15) is 9.61 Å². The molecule has 0 saturated carbocycles. The van der Waals surface area contributed by atoms with Crippen LogP contribution in [0.25, 0.3) is 4.96 Å². The maximum Gasteiger partial charge on any atom is 0.275 e. The molecule has 0 atom stereocenters. The summed E-state index contributed by atoms with van der Waals surface area (Å²) in [5, 5.41) is 5.18. The minimum absolute atomic E-state index is 0.124.